The van der Waals surface area contributed by atoms with Gasteiger partial charge in [-0.15, -0.1) is 0 Å². The van der Waals surface area contributed by atoms with Crippen molar-refractivity contribution < 1.29 is 33.7 Å². The molecule has 1 rings (SSSR count). The predicted molar refractivity (Wildman–Crippen MR) is 70.3 cm³/mol. The van der Waals surface area contributed by atoms with Gasteiger partial charge in [-0.05, 0) is 19.3 Å². The highest BCUT2D eigenvalue weighted by atomic mass is 16.6. The van der Waals surface area contributed by atoms with Crippen LogP contribution in [0.3, 0.4) is 0 Å². The van der Waals surface area contributed by atoms with E-state index < -0.39 is 30.2 Å². The van der Waals surface area contributed by atoms with Crippen LogP contribution in [-0.4, -0.2) is 67.1 Å². The van der Waals surface area contributed by atoms with Crippen LogP contribution < -0.4 is 0 Å². The minimum Gasteiger partial charge on any atom is -0.467 e. The Morgan fingerprint density at radius 3 is 2.33 bits per heavy atom. The average Bonchev–Trinajstić information content (AvgIpc) is 2.46. The fraction of sp³-hybridized carbons (Fsp3) is 0.769. The lowest BCUT2D eigenvalue weighted by Crippen LogP contribution is -2.60. The fourth-order valence-electron chi connectivity index (χ4n) is 2.58. The first-order valence-corrected chi connectivity index (χ1v) is 6.68. The molecule has 0 aromatic rings. The second-order valence-electron chi connectivity index (χ2n) is 4.74. The Morgan fingerprint density at radius 1 is 1.19 bits per heavy atom. The van der Waals surface area contributed by atoms with E-state index in [4.69, 9.17) is 19.3 Å². The molecule has 1 aliphatic rings. The average molecular weight is 303 g/mol. The van der Waals surface area contributed by atoms with Crippen molar-refractivity contribution in [1.82, 2.24) is 4.90 Å². The molecule has 1 amide bonds. The highest BCUT2D eigenvalue weighted by molar-refractivity contribution is 5.83. The minimum absolute atomic E-state index is 0.135. The molecular formula is C13H21NO7. The van der Waals surface area contributed by atoms with Gasteiger partial charge >= 0.3 is 18.0 Å². The zero-order valence-electron chi connectivity index (χ0n) is 12.4. The van der Waals surface area contributed by atoms with E-state index in [0.717, 1.165) is 0 Å². The zero-order valence-corrected chi connectivity index (χ0v) is 12.4. The third-order valence-corrected chi connectivity index (χ3v) is 3.44. The summed E-state index contributed by atoms with van der Waals surface area (Å²) in [6, 6.07) is -1.45. The van der Waals surface area contributed by atoms with Crippen molar-refractivity contribution in [2.75, 3.05) is 20.8 Å². The van der Waals surface area contributed by atoms with Gasteiger partial charge in [0.25, 0.3) is 0 Å². The Hall–Kier alpha value is -1.83. The second-order valence-corrected chi connectivity index (χ2v) is 4.74. The Kier molecular flexibility index (Phi) is 6.41. The molecule has 1 aliphatic heterocycles. The number of rotatable bonds is 4. The largest absolute Gasteiger partial charge is 0.467 e. The summed E-state index contributed by atoms with van der Waals surface area (Å²) < 4.78 is 14.5. The maximum absolute atomic E-state index is 12.0. The van der Waals surface area contributed by atoms with Gasteiger partial charge in [-0.3, -0.25) is 9.69 Å². The molecular weight excluding hydrogens is 282 g/mol. The van der Waals surface area contributed by atoms with Crippen LogP contribution in [0.15, 0.2) is 0 Å². The number of likely N-dealkylation sites (tertiary alicyclic amines) is 1. The summed E-state index contributed by atoms with van der Waals surface area (Å²) in [6.45, 7) is 1.10. The monoisotopic (exact) mass is 303 g/mol. The Labute approximate surface area is 122 Å². The van der Waals surface area contributed by atoms with Crippen molar-refractivity contribution in [3.63, 3.8) is 0 Å². The first-order chi connectivity index (χ1) is 9.96. The molecule has 21 heavy (non-hydrogen) atoms. The van der Waals surface area contributed by atoms with E-state index in [1.165, 1.54) is 26.0 Å². The van der Waals surface area contributed by atoms with Gasteiger partial charge < -0.3 is 19.3 Å². The number of amides is 1. The molecule has 1 saturated heterocycles. The van der Waals surface area contributed by atoms with Crippen LogP contribution in [0.4, 0.5) is 4.79 Å². The number of hydrogen-bond acceptors (Lipinski definition) is 7. The molecule has 0 aromatic heterocycles. The molecule has 120 valence electrons. The molecule has 0 spiro atoms. The number of ether oxygens (including phenoxy) is 3. The Balaban J connectivity index is 3.10. The van der Waals surface area contributed by atoms with Gasteiger partial charge in [0.05, 0.1) is 14.2 Å². The maximum atomic E-state index is 12.0. The quantitative estimate of drug-likeness (QED) is 0.579. The Morgan fingerprint density at radius 2 is 1.86 bits per heavy atom. The van der Waals surface area contributed by atoms with Crippen LogP contribution in [0.1, 0.15) is 26.2 Å². The second kappa shape index (κ2) is 7.82. The van der Waals surface area contributed by atoms with Crippen LogP contribution in [0.25, 0.3) is 0 Å². The topological polar surface area (TPSA) is 102 Å². The SMILES string of the molecule is COC(=O)[C@H]1[C@@H](OC(C)=O)CC[C@@H](CCO)N1C(=O)OC. The highest BCUT2D eigenvalue weighted by Gasteiger charge is 2.46. The third kappa shape index (κ3) is 4.07. The smallest absolute Gasteiger partial charge is 0.410 e. The van der Waals surface area contributed by atoms with Gasteiger partial charge in [-0.2, -0.15) is 0 Å². The first kappa shape index (κ1) is 17.2. The zero-order chi connectivity index (χ0) is 16.0. The van der Waals surface area contributed by atoms with Gasteiger partial charge in [0.1, 0.15) is 6.10 Å². The lowest BCUT2D eigenvalue weighted by atomic mass is 9.91. The molecule has 0 aromatic carbocycles. The molecule has 0 saturated carbocycles. The van der Waals surface area contributed by atoms with E-state index in [0.29, 0.717) is 19.3 Å². The van der Waals surface area contributed by atoms with E-state index in [-0.39, 0.29) is 12.6 Å². The van der Waals surface area contributed by atoms with Crippen molar-refractivity contribution in [3.05, 3.63) is 0 Å². The number of nitrogens with zero attached hydrogens (tertiary/aromatic N) is 1. The van der Waals surface area contributed by atoms with Gasteiger partial charge in [-0.1, -0.05) is 0 Å². The van der Waals surface area contributed by atoms with Crippen LogP contribution in [0, 0.1) is 0 Å². The molecule has 0 bridgehead atoms. The van der Waals surface area contributed by atoms with Crippen molar-refractivity contribution in [3.8, 4) is 0 Å². The van der Waals surface area contributed by atoms with E-state index in [9.17, 15) is 14.4 Å². The standard InChI is InChI=1S/C13H21NO7/c1-8(16)21-10-5-4-9(6-7-15)14(13(18)20-3)11(10)12(17)19-2/h9-11,15H,4-7H2,1-3H3/t9-,10-,11+/m0/s1. The molecule has 8 heteroatoms. The van der Waals surface area contributed by atoms with Crippen LogP contribution in [0.2, 0.25) is 0 Å². The van der Waals surface area contributed by atoms with Crippen LogP contribution in [0.5, 0.6) is 0 Å². The van der Waals surface area contributed by atoms with Gasteiger partial charge in [0.15, 0.2) is 6.04 Å². The van der Waals surface area contributed by atoms with Crippen molar-refractivity contribution in [2.45, 2.75) is 44.4 Å². The normalized spacial score (nSPS) is 25.1. The predicted octanol–water partition coefficient (Wildman–Crippen LogP) is 0.0729. The first-order valence-electron chi connectivity index (χ1n) is 6.68. The number of piperidine rings is 1. The summed E-state index contributed by atoms with van der Waals surface area (Å²) >= 11 is 0. The molecule has 1 fully saturated rings. The van der Waals surface area contributed by atoms with E-state index >= 15 is 0 Å². The van der Waals surface area contributed by atoms with Gasteiger partial charge in [0, 0.05) is 19.6 Å². The van der Waals surface area contributed by atoms with Gasteiger partial charge in [-0.25, -0.2) is 9.59 Å². The number of hydrogen-bond donors (Lipinski definition) is 1. The summed E-state index contributed by atoms with van der Waals surface area (Å²) in [5, 5.41) is 9.10. The lowest BCUT2D eigenvalue weighted by molar-refractivity contribution is -0.166. The maximum Gasteiger partial charge on any atom is 0.410 e. The van der Waals surface area contributed by atoms with Crippen molar-refractivity contribution in [1.29, 1.82) is 0 Å². The molecule has 1 heterocycles. The Bertz CT molecular complexity index is 398. The summed E-state index contributed by atoms with van der Waals surface area (Å²) in [4.78, 5) is 36.4. The lowest BCUT2D eigenvalue weighted by Gasteiger charge is -2.43. The highest BCUT2D eigenvalue weighted by Crippen LogP contribution is 2.29. The number of carbonyl (C=O) groups is 3. The number of aliphatic hydroxyl groups is 1. The molecule has 0 radical (unpaired) electrons. The third-order valence-electron chi connectivity index (χ3n) is 3.44. The molecule has 1 N–H and O–H groups in total. The van der Waals surface area contributed by atoms with Crippen LogP contribution in [-0.2, 0) is 23.8 Å². The number of methoxy groups -OCH3 is 2. The minimum atomic E-state index is -1.07. The van der Waals surface area contributed by atoms with Gasteiger partial charge in [0.2, 0.25) is 0 Å². The van der Waals surface area contributed by atoms with Crippen molar-refractivity contribution in [2.24, 2.45) is 0 Å². The van der Waals surface area contributed by atoms with E-state index in [1.807, 2.05) is 0 Å². The summed E-state index contributed by atoms with van der Waals surface area (Å²) in [5.41, 5.74) is 0. The molecule has 8 nitrogen and oxygen atoms in total. The fourth-order valence-corrected chi connectivity index (χ4v) is 2.58. The van der Waals surface area contributed by atoms with Crippen LogP contribution >= 0.6 is 0 Å². The molecule has 3 atom stereocenters. The summed E-state index contributed by atoms with van der Waals surface area (Å²) in [5.74, 6) is -1.23. The molecule has 0 aliphatic carbocycles. The summed E-state index contributed by atoms with van der Waals surface area (Å²) in [6.07, 6.45) is -0.321. The summed E-state index contributed by atoms with van der Waals surface area (Å²) in [7, 11) is 2.39. The van der Waals surface area contributed by atoms with E-state index in [2.05, 4.69) is 0 Å². The van der Waals surface area contributed by atoms with Crippen molar-refractivity contribution >= 4 is 18.0 Å². The van der Waals surface area contributed by atoms with E-state index in [1.54, 1.807) is 0 Å². The molecule has 0 unspecified atom stereocenters. The number of carbonyl (C=O) groups excluding carboxylic acids is 3. The number of aliphatic hydroxyl groups excluding tert-OH is 1. The number of esters is 2.